The van der Waals surface area contributed by atoms with Gasteiger partial charge in [-0.3, -0.25) is 10.2 Å². The number of methoxy groups -OCH3 is 1. The van der Waals surface area contributed by atoms with Crippen molar-refractivity contribution in [1.82, 2.24) is 10.7 Å². The number of benzene rings is 1. The molecule has 1 aromatic carbocycles. The molecule has 20 heavy (non-hydrogen) atoms. The number of nitrogens with two attached hydrogens (primary N) is 1. The van der Waals surface area contributed by atoms with Crippen LogP contribution in [0, 0.1) is 5.92 Å². The Kier molecular flexibility index (Phi) is 5.38. The van der Waals surface area contributed by atoms with E-state index >= 15 is 0 Å². The number of amides is 1. The first-order valence-corrected chi connectivity index (χ1v) is 7.09. The normalized spacial score (nSPS) is 22.3. The van der Waals surface area contributed by atoms with Gasteiger partial charge >= 0.3 is 0 Å². The minimum absolute atomic E-state index is 0.0291. The lowest BCUT2D eigenvalue weighted by atomic mass is 9.85. The van der Waals surface area contributed by atoms with Gasteiger partial charge in [-0.2, -0.15) is 0 Å². The molecule has 1 amide bonds. The van der Waals surface area contributed by atoms with Crippen LogP contribution in [0.15, 0.2) is 24.3 Å². The van der Waals surface area contributed by atoms with E-state index in [-0.39, 0.29) is 11.8 Å². The van der Waals surface area contributed by atoms with Crippen molar-refractivity contribution in [3.05, 3.63) is 29.8 Å². The Labute approximate surface area is 119 Å². The van der Waals surface area contributed by atoms with E-state index < -0.39 is 0 Å². The minimum atomic E-state index is -0.0291. The highest BCUT2D eigenvalue weighted by molar-refractivity contribution is 5.78. The van der Waals surface area contributed by atoms with Crippen molar-refractivity contribution >= 4 is 5.91 Å². The van der Waals surface area contributed by atoms with Crippen molar-refractivity contribution in [2.24, 2.45) is 11.8 Å². The van der Waals surface area contributed by atoms with Crippen molar-refractivity contribution in [2.75, 3.05) is 7.11 Å². The first-order chi connectivity index (χ1) is 9.72. The summed E-state index contributed by atoms with van der Waals surface area (Å²) in [4.78, 5) is 11.4. The average Bonchev–Trinajstić information content (AvgIpc) is 2.53. The molecule has 0 saturated heterocycles. The van der Waals surface area contributed by atoms with Crippen molar-refractivity contribution in [1.29, 1.82) is 0 Å². The molecular formula is C15H23N3O2. The lowest BCUT2D eigenvalue weighted by molar-refractivity contribution is -0.126. The minimum Gasteiger partial charge on any atom is -0.497 e. The van der Waals surface area contributed by atoms with Gasteiger partial charge in [-0.05, 0) is 43.4 Å². The van der Waals surface area contributed by atoms with Crippen LogP contribution < -0.4 is 21.3 Å². The molecule has 2 rings (SSSR count). The number of carbonyl (C=O) groups excluding carboxylic acids is 1. The zero-order valence-electron chi connectivity index (χ0n) is 11.9. The number of ether oxygens (including phenoxy) is 1. The third-order valence-corrected chi connectivity index (χ3v) is 3.99. The number of hydrazine groups is 1. The summed E-state index contributed by atoms with van der Waals surface area (Å²) in [6.07, 6.45) is 3.86. The molecule has 0 aromatic heterocycles. The molecule has 0 aliphatic heterocycles. The molecule has 1 aliphatic rings. The van der Waals surface area contributed by atoms with E-state index in [1.807, 2.05) is 12.1 Å². The molecule has 1 saturated carbocycles. The third kappa shape index (κ3) is 3.95. The molecule has 5 nitrogen and oxygen atoms in total. The average molecular weight is 277 g/mol. The van der Waals surface area contributed by atoms with E-state index in [2.05, 4.69) is 22.9 Å². The van der Waals surface area contributed by atoms with E-state index in [0.29, 0.717) is 6.04 Å². The maximum absolute atomic E-state index is 11.4. The van der Waals surface area contributed by atoms with Gasteiger partial charge in [0.1, 0.15) is 5.75 Å². The lowest BCUT2D eigenvalue weighted by Crippen LogP contribution is -2.40. The van der Waals surface area contributed by atoms with Crippen molar-refractivity contribution in [3.8, 4) is 5.75 Å². The molecule has 0 radical (unpaired) electrons. The first-order valence-electron chi connectivity index (χ1n) is 7.09. The molecule has 5 heteroatoms. The topological polar surface area (TPSA) is 76.4 Å². The Hall–Kier alpha value is -1.59. The molecule has 0 atom stereocenters. The van der Waals surface area contributed by atoms with Gasteiger partial charge in [0.15, 0.2) is 0 Å². The van der Waals surface area contributed by atoms with Crippen LogP contribution in [0.5, 0.6) is 5.75 Å². The highest BCUT2D eigenvalue weighted by Gasteiger charge is 2.25. The van der Waals surface area contributed by atoms with Crippen LogP contribution in [0.1, 0.15) is 31.2 Å². The molecular weight excluding hydrogens is 254 g/mol. The van der Waals surface area contributed by atoms with Crippen LogP contribution in [0.2, 0.25) is 0 Å². The van der Waals surface area contributed by atoms with E-state index in [1.54, 1.807) is 7.11 Å². The predicted molar refractivity (Wildman–Crippen MR) is 77.9 cm³/mol. The number of rotatable bonds is 5. The summed E-state index contributed by atoms with van der Waals surface area (Å²) in [7, 11) is 1.67. The monoisotopic (exact) mass is 277 g/mol. The fraction of sp³-hybridized carbons (Fsp3) is 0.533. The molecule has 1 aromatic rings. The number of carbonyl (C=O) groups is 1. The second kappa shape index (κ2) is 7.26. The predicted octanol–water partition coefficient (Wildman–Crippen LogP) is 1.33. The first kappa shape index (κ1) is 14.8. The van der Waals surface area contributed by atoms with Crippen LogP contribution in [0.3, 0.4) is 0 Å². The molecule has 0 bridgehead atoms. The summed E-state index contributed by atoms with van der Waals surface area (Å²) in [6, 6.07) is 8.57. The molecule has 0 spiro atoms. The van der Waals surface area contributed by atoms with Gasteiger partial charge in [0.25, 0.3) is 0 Å². The number of hydrogen-bond donors (Lipinski definition) is 3. The van der Waals surface area contributed by atoms with Crippen LogP contribution in [-0.2, 0) is 11.3 Å². The summed E-state index contributed by atoms with van der Waals surface area (Å²) in [5.41, 5.74) is 3.49. The Morgan fingerprint density at radius 3 is 2.45 bits per heavy atom. The van der Waals surface area contributed by atoms with Gasteiger partial charge in [0.2, 0.25) is 5.91 Å². The van der Waals surface area contributed by atoms with Crippen molar-refractivity contribution < 1.29 is 9.53 Å². The standard InChI is InChI=1S/C15H23N3O2/c1-20-14-8-2-11(3-9-14)10-17-13-6-4-12(5-7-13)15(19)18-16/h2-3,8-9,12-13,17H,4-7,10,16H2,1H3,(H,18,19). The fourth-order valence-corrected chi connectivity index (χ4v) is 2.68. The quantitative estimate of drug-likeness (QED) is 0.431. The number of hydrogen-bond acceptors (Lipinski definition) is 4. The SMILES string of the molecule is COc1ccc(CNC2CCC(C(=O)NN)CC2)cc1. The van der Waals surface area contributed by atoms with E-state index in [0.717, 1.165) is 38.0 Å². The van der Waals surface area contributed by atoms with Crippen LogP contribution in [0.25, 0.3) is 0 Å². The van der Waals surface area contributed by atoms with E-state index in [4.69, 9.17) is 10.6 Å². The van der Waals surface area contributed by atoms with Gasteiger partial charge < -0.3 is 10.1 Å². The van der Waals surface area contributed by atoms with Gasteiger partial charge in [0.05, 0.1) is 7.11 Å². The molecule has 1 fully saturated rings. The summed E-state index contributed by atoms with van der Waals surface area (Å²) in [5, 5.41) is 3.55. The van der Waals surface area contributed by atoms with E-state index in [1.165, 1.54) is 5.56 Å². The molecule has 110 valence electrons. The third-order valence-electron chi connectivity index (χ3n) is 3.99. The second-order valence-electron chi connectivity index (χ2n) is 5.29. The zero-order chi connectivity index (χ0) is 14.4. The Morgan fingerprint density at radius 2 is 1.90 bits per heavy atom. The van der Waals surface area contributed by atoms with Gasteiger partial charge in [-0.1, -0.05) is 12.1 Å². The lowest BCUT2D eigenvalue weighted by Gasteiger charge is -2.28. The molecule has 0 heterocycles. The van der Waals surface area contributed by atoms with Crippen LogP contribution in [0.4, 0.5) is 0 Å². The summed E-state index contributed by atoms with van der Waals surface area (Å²) in [5.74, 6) is 6.10. The Morgan fingerprint density at radius 1 is 1.25 bits per heavy atom. The smallest absolute Gasteiger partial charge is 0.236 e. The van der Waals surface area contributed by atoms with Gasteiger partial charge in [-0.15, -0.1) is 0 Å². The Balaban J connectivity index is 1.74. The molecule has 0 unspecified atom stereocenters. The largest absolute Gasteiger partial charge is 0.497 e. The highest BCUT2D eigenvalue weighted by Crippen LogP contribution is 2.24. The van der Waals surface area contributed by atoms with Gasteiger partial charge in [-0.25, -0.2) is 5.84 Å². The van der Waals surface area contributed by atoms with Gasteiger partial charge in [0, 0.05) is 18.5 Å². The maximum atomic E-state index is 11.4. The molecule has 1 aliphatic carbocycles. The summed E-state index contributed by atoms with van der Waals surface area (Å²) in [6.45, 7) is 0.850. The highest BCUT2D eigenvalue weighted by atomic mass is 16.5. The van der Waals surface area contributed by atoms with E-state index in [9.17, 15) is 4.79 Å². The summed E-state index contributed by atoms with van der Waals surface area (Å²) < 4.78 is 5.14. The second-order valence-corrected chi connectivity index (χ2v) is 5.29. The van der Waals surface area contributed by atoms with Crippen LogP contribution >= 0.6 is 0 Å². The Bertz CT molecular complexity index is 425. The zero-order valence-corrected chi connectivity index (χ0v) is 11.9. The van der Waals surface area contributed by atoms with Crippen molar-refractivity contribution in [3.63, 3.8) is 0 Å². The maximum Gasteiger partial charge on any atom is 0.236 e. The summed E-state index contributed by atoms with van der Waals surface area (Å²) >= 11 is 0. The molecule has 4 N–H and O–H groups in total. The fourth-order valence-electron chi connectivity index (χ4n) is 2.68. The number of nitrogens with one attached hydrogen (secondary N) is 2. The van der Waals surface area contributed by atoms with Crippen molar-refractivity contribution in [2.45, 2.75) is 38.3 Å². The van der Waals surface area contributed by atoms with Crippen LogP contribution in [-0.4, -0.2) is 19.1 Å².